The SMILES string of the molecule is CC(C)n1cc(Cn2ncc(I)c2N)cn1. The number of nitrogens with two attached hydrogens (primary N) is 1. The van der Waals surface area contributed by atoms with Gasteiger partial charge in [-0.2, -0.15) is 10.2 Å². The van der Waals surface area contributed by atoms with E-state index in [0.717, 1.165) is 9.13 Å². The highest BCUT2D eigenvalue weighted by molar-refractivity contribution is 14.1. The maximum atomic E-state index is 5.88. The van der Waals surface area contributed by atoms with Crippen molar-refractivity contribution in [1.82, 2.24) is 19.6 Å². The molecule has 0 amide bonds. The van der Waals surface area contributed by atoms with Crippen molar-refractivity contribution in [2.45, 2.75) is 26.4 Å². The third-order valence-electron chi connectivity index (χ3n) is 2.35. The van der Waals surface area contributed by atoms with Crippen LogP contribution in [0, 0.1) is 3.57 Å². The van der Waals surface area contributed by atoms with Crippen molar-refractivity contribution in [2.75, 3.05) is 5.73 Å². The van der Waals surface area contributed by atoms with E-state index in [2.05, 4.69) is 46.6 Å². The highest BCUT2D eigenvalue weighted by Crippen LogP contribution is 2.15. The number of hydrogen-bond acceptors (Lipinski definition) is 3. The zero-order chi connectivity index (χ0) is 11.7. The summed E-state index contributed by atoms with van der Waals surface area (Å²) in [4.78, 5) is 0. The van der Waals surface area contributed by atoms with Gasteiger partial charge in [-0.3, -0.25) is 4.68 Å². The van der Waals surface area contributed by atoms with E-state index in [4.69, 9.17) is 5.73 Å². The summed E-state index contributed by atoms with van der Waals surface area (Å²) in [6.07, 6.45) is 5.65. The third kappa shape index (κ3) is 2.21. The molecule has 0 radical (unpaired) electrons. The molecule has 0 aliphatic carbocycles. The summed E-state index contributed by atoms with van der Waals surface area (Å²) in [6, 6.07) is 0.379. The Kier molecular flexibility index (Phi) is 3.17. The van der Waals surface area contributed by atoms with E-state index in [0.29, 0.717) is 18.4 Å². The summed E-state index contributed by atoms with van der Waals surface area (Å²) >= 11 is 2.17. The molecule has 2 rings (SSSR count). The molecule has 2 aromatic rings. The first-order valence-electron chi connectivity index (χ1n) is 5.07. The van der Waals surface area contributed by atoms with Crippen LogP contribution in [0.3, 0.4) is 0 Å². The molecule has 0 aliphatic heterocycles. The Balaban J connectivity index is 2.17. The molecule has 2 aromatic heterocycles. The Bertz CT molecular complexity index is 485. The second-order valence-corrected chi connectivity index (χ2v) is 5.12. The van der Waals surface area contributed by atoms with Gasteiger partial charge in [0.2, 0.25) is 0 Å². The van der Waals surface area contributed by atoms with Gasteiger partial charge in [-0.25, -0.2) is 4.68 Å². The lowest BCUT2D eigenvalue weighted by molar-refractivity contribution is 0.531. The normalized spacial score (nSPS) is 11.2. The van der Waals surface area contributed by atoms with Gasteiger partial charge in [-0.1, -0.05) is 0 Å². The molecule has 16 heavy (non-hydrogen) atoms. The molecule has 2 heterocycles. The zero-order valence-electron chi connectivity index (χ0n) is 9.26. The first-order valence-corrected chi connectivity index (χ1v) is 6.15. The Labute approximate surface area is 108 Å². The minimum atomic E-state index is 0.379. The van der Waals surface area contributed by atoms with Crippen LogP contribution in [0.4, 0.5) is 5.82 Å². The van der Waals surface area contributed by atoms with Gasteiger partial charge >= 0.3 is 0 Å². The molecular weight excluding hydrogens is 317 g/mol. The molecule has 0 bridgehead atoms. The van der Waals surface area contributed by atoms with Crippen molar-refractivity contribution in [1.29, 1.82) is 0 Å². The van der Waals surface area contributed by atoms with Gasteiger partial charge in [0.25, 0.3) is 0 Å². The van der Waals surface area contributed by atoms with E-state index in [9.17, 15) is 0 Å². The highest BCUT2D eigenvalue weighted by atomic mass is 127. The average molecular weight is 331 g/mol. The lowest BCUT2D eigenvalue weighted by Crippen LogP contribution is -2.06. The fourth-order valence-electron chi connectivity index (χ4n) is 1.41. The standard InChI is InChI=1S/C10H14IN5/c1-7(2)15-5-8(3-13-15)6-16-10(12)9(11)4-14-16/h3-5,7H,6,12H2,1-2H3. The number of nitrogen functional groups attached to an aromatic ring is 1. The molecule has 5 nitrogen and oxygen atoms in total. The Hall–Kier alpha value is -1.05. The molecule has 86 valence electrons. The smallest absolute Gasteiger partial charge is 0.135 e. The Morgan fingerprint density at radius 2 is 2.12 bits per heavy atom. The van der Waals surface area contributed by atoms with Crippen LogP contribution in [0.25, 0.3) is 0 Å². The van der Waals surface area contributed by atoms with Crippen molar-refractivity contribution in [3.05, 3.63) is 27.7 Å². The van der Waals surface area contributed by atoms with E-state index in [1.165, 1.54) is 0 Å². The van der Waals surface area contributed by atoms with Crippen molar-refractivity contribution in [3.63, 3.8) is 0 Å². The number of halogens is 1. The van der Waals surface area contributed by atoms with Crippen molar-refractivity contribution >= 4 is 28.4 Å². The molecule has 0 saturated carbocycles. The number of aromatic nitrogens is 4. The highest BCUT2D eigenvalue weighted by Gasteiger charge is 2.07. The fourth-order valence-corrected chi connectivity index (χ4v) is 1.82. The second-order valence-electron chi connectivity index (χ2n) is 3.96. The van der Waals surface area contributed by atoms with E-state index < -0.39 is 0 Å². The van der Waals surface area contributed by atoms with Gasteiger partial charge in [0, 0.05) is 17.8 Å². The van der Waals surface area contributed by atoms with Crippen LogP contribution in [-0.4, -0.2) is 19.6 Å². The molecule has 0 unspecified atom stereocenters. The minimum Gasteiger partial charge on any atom is -0.383 e. The molecule has 0 aromatic carbocycles. The lowest BCUT2D eigenvalue weighted by atomic mass is 10.3. The summed E-state index contributed by atoms with van der Waals surface area (Å²) in [6.45, 7) is 4.87. The van der Waals surface area contributed by atoms with Gasteiger partial charge in [-0.15, -0.1) is 0 Å². The first-order chi connectivity index (χ1) is 7.58. The monoisotopic (exact) mass is 331 g/mol. The van der Waals surface area contributed by atoms with Gasteiger partial charge in [-0.05, 0) is 36.4 Å². The van der Waals surface area contributed by atoms with Gasteiger partial charge in [0.1, 0.15) is 5.82 Å². The minimum absolute atomic E-state index is 0.379. The zero-order valence-corrected chi connectivity index (χ0v) is 11.4. The molecule has 0 atom stereocenters. The topological polar surface area (TPSA) is 61.7 Å². The van der Waals surface area contributed by atoms with Crippen molar-refractivity contribution in [3.8, 4) is 0 Å². The Morgan fingerprint density at radius 3 is 2.62 bits per heavy atom. The molecule has 2 N–H and O–H groups in total. The van der Waals surface area contributed by atoms with E-state index in [-0.39, 0.29) is 0 Å². The third-order valence-corrected chi connectivity index (χ3v) is 3.18. The van der Waals surface area contributed by atoms with Crippen LogP contribution in [0.5, 0.6) is 0 Å². The van der Waals surface area contributed by atoms with Crippen LogP contribution in [0.1, 0.15) is 25.5 Å². The first kappa shape index (κ1) is 11.4. The van der Waals surface area contributed by atoms with Gasteiger partial charge in [0.05, 0.1) is 22.5 Å². The quantitative estimate of drug-likeness (QED) is 0.874. The predicted molar refractivity (Wildman–Crippen MR) is 71.1 cm³/mol. The molecule has 0 fully saturated rings. The van der Waals surface area contributed by atoms with E-state index >= 15 is 0 Å². The van der Waals surface area contributed by atoms with E-state index in [1.54, 1.807) is 10.9 Å². The van der Waals surface area contributed by atoms with Gasteiger partial charge in [0.15, 0.2) is 0 Å². The molecule has 0 saturated heterocycles. The number of rotatable bonds is 3. The largest absolute Gasteiger partial charge is 0.383 e. The van der Waals surface area contributed by atoms with Gasteiger partial charge < -0.3 is 5.73 Å². The molecule has 0 aliphatic rings. The van der Waals surface area contributed by atoms with Crippen LogP contribution in [0.2, 0.25) is 0 Å². The predicted octanol–water partition coefficient (Wildman–Crippen LogP) is 1.90. The summed E-state index contributed by atoms with van der Waals surface area (Å²) in [5, 5.41) is 8.49. The maximum Gasteiger partial charge on any atom is 0.135 e. The van der Waals surface area contributed by atoms with Crippen LogP contribution in [-0.2, 0) is 6.54 Å². The summed E-state index contributed by atoms with van der Waals surface area (Å²) in [5.74, 6) is 0.706. The summed E-state index contributed by atoms with van der Waals surface area (Å²) < 4.78 is 4.69. The summed E-state index contributed by atoms with van der Waals surface area (Å²) in [5.41, 5.74) is 6.99. The van der Waals surface area contributed by atoms with Crippen molar-refractivity contribution in [2.24, 2.45) is 0 Å². The van der Waals surface area contributed by atoms with Crippen LogP contribution < -0.4 is 5.73 Å². The number of nitrogens with zero attached hydrogens (tertiary/aromatic N) is 4. The van der Waals surface area contributed by atoms with Crippen LogP contribution >= 0.6 is 22.6 Å². The average Bonchev–Trinajstić information content (AvgIpc) is 2.81. The molecule has 0 spiro atoms. The molecular formula is C10H14IN5. The maximum absolute atomic E-state index is 5.88. The molecule has 6 heteroatoms. The number of anilines is 1. The van der Waals surface area contributed by atoms with E-state index in [1.807, 2.05) is 17.1 Å². The summed E-state index contributed by atoms with van der Waals surface area (Å²) in [7, 11) is 0. The number of hydrogen-bond donors (Lipinski definition) is 1. The second kappa shape index (κ2) is 4.44. The van der Waals surface area contributed by atoms with Crippen LogP contribution in [0.15, 0.2) is 18.6 Å². The van der Waals surface area contributed by atoms with Crippen molar-refractivity contribution < 1.29 is 0 Å². The Morgan fingerprint density at radius 1 is 1.38 bits per heavy atom. The lowest BCUT2D eigenvalue weighted by Gasteiger charge is -2.04. The fraction of sp³-hybridized carbons (Fsp3) is 0.400.